The predicted octanol–water partition coefficient (Wildman–Crippen LogP) is 5.53. The third kappa shape index (κ3) is 7.50. The smallest absolute Gasteiger partial charge is 0.264 e. The first-order valence-corrected chi connectivity index (χ1v) is 15.2. The maximum absolute atomic E-state index is 14.2. The molecule has 7 nitrogen and oxygen atoms in total. The van der Waals surface area contributed by atoms with Gasteiger partial charge in [-0.05, 0) is 75.4 Å². The van der Waals surface area contributed by atoms with Crippen molar-refractivity contribution in [3.8, 4) is 0 Å². The minimum Gasteiger partial charge on any atom is -0.352 e. The first-order chi connectivity index (χ1) is 19.0. The van der Waals surface area contributed by atoms with Crippen LogP contribution in [0.15, 0.2) is 77.7 Å². The normalized spacial score (nSPS) is 12.8. The van der Waals surface area contributed by atoms with Gasteiger partial charge >= 0.3 is 0 Å². The summed E-state index contributed by atoms with van der Waals surface area (Å²) in [5.74, 6) is -0.701. The molecule has 0 aromatic heterocycles. The fourth-order valence-corrected chi connectivity index (χ4v) is 5.95. The molecular formula is C32H41N3O4S. The number of hydrogen-bond donors (Lipinski definition) is 1. The van der Waals surface area contributed by atoms with E-state index in [0.717, 1.165) is 28.7 Å². The summed E-state index contributed by atoms with van der Waals surface area (Å²) in [6, 6.07) is 20.8. The molecule has 3 rings (SSSR count). The Morgan fingerprint density at radius 2 is 1.48 bits per heavy atom. The number of aryl methyl sites for hydroxylation is 3. The monoisotopic (exact) mass is 563 g/mol. The van der Waals surface area contributed by atoms with Crippen LogP contribution in [0.2, 0.25) is 0 Å². The number of hydrogen-bond acceptors (Lipinski definition) is 4. The van der Waals surface area contributed by atoms with Crippen LogP contribution in [0.1, 0.15) is 55.9 Å². The Labute approximate surface area is 239 Å². The minimum absolute atomic E-state index is 0.0522. The first-order valence-electron chi connectivity index (χ1n) is 13.8. The molecule has 0 saturated heterocycles. The molecule has 2 atom stereocenters. The van der Waals surface area contributed by atoms with E-state index in [1.54, 1.807) is 30.3 Å². The Balaban J connectivity index is 2.09. The summed E-state index contributed by atoms with van der Waals surface area (Å²) in [7, 11) is -4.10. The van der Waals surface area contributed by atoms with E-state index in [9.17, 15) is 18.0 Å². The van der Waals surface area contributed by atoms with Crippen molar-refractivity contribution in [3.63, 3.8) is 0 Å². The lowest BCUT2D eigenvalue weighted by atomic mass is 10.1. The molecule has 0 bridgehead atoms. The van der Waals surface area contributed by atoms with E-state index in [4.69, 9.17) is 0 Å². The molecule has 3 aromatic carbocycles. The largest absolute Gasteiger partial charge is 0.352 e. The number of amides is 2. The summed E-state index contributed by atoms with van der Waals surface area (Å²) >= 11 is 0. The summed E-state index contributed by atoms with van der Waals surface area (Å²) in [4.78, 5) is 29.1. The molecule has 214 valence electrons. The lowest BCUT2D eigenvalue weighted by Gasteiger charge is -2.34. The van der Waals surface area contributed by atoms with E-state index in [-0.39, 0.29) is 23.4 Å². The highest BCUT2D eigenvalue weighted by molar-refractivity contribution is 7.92. The highest BCUT2D eigenvalue weighted by Crippen LogP contribution is 2.29. The van der Waals surface area contributed by atoms with Gasteiger partial charge in [0.2, 0.25) is 11.8 Å². The molecule has 40 heavy (non-hydrogen) atoms. The molecule has 0 radical (unpaired) electrons. The minimum atomic E-state index is -4.10. The maximum atomic E-state index is 14.2. The van der Waals surface area contributed by atoms with E-state index in [1.165, 1.54) is 9.21 Å². The summed E-state index contributed by atoms with van der Waals surface area (Å²) in [5, 5.41) is 3.00. The third-order valence-electron chi connectivity index (χ3n) is 7.10. The van der Waals surface area contributed by atoms with Crippen LogP contribution in [-0.4, -0.2) is 43.8 Å². The molecule has 0 unspecified atom stereocenters. The molecule has 0 saturated carbocycles. The zero-order valence-corrected chi connectivity index (χ0v) is 25.2. The number of anilines is 1. The molecule has 0 aliphatic rings. The second kappa shape index (κ2) is 13.6. The van der Waals surface area contributed by atoms with E-state index >= 15 is 0 Å². The number of carbonyl (C=O) groups is 2. The van der Waals surface area contributed by atoms with Crippen molar-refractivity contribution >= 4 is 27.5 Å². The molecule has 0 spiro atoms. The zero-order valence-electron chi connectivity index (χ0n) is 24.3. The molecule has 3 aromatic rings. The number of nitrogens with zero attached hydrogens (tertiary/aromatic N) is 2. The van der Waals surface area contributed by atoms with Gasteiger partial charge in [-0.25, -0.2) is 8.42 Å². The fourth-order valence-electron chi connectivity index (χ4n) is 4.48. The van der Waals surface area contributed by atoms with Gasteiger partial charge in [0.1, 0.15) is 12.6 Å². The SMILES string of the molecule is CC[C@H](C(=O)N[C@@H](C)CC)N(Cc1ccccc1)C(=O)CN(c1cc(C)ccc1C)S(=O)(=O)c1ccc(C)cc1. The van der Waals surface area contributed by atoms with Gasteiger partial charge in [0.25, 0.3) is 10.0 Å². The van der Waals surface area contributed by atoms with Crippen molar-refractivity contribution in [2.45, 2.75) is 77.9 Å². The number of nitrogens with one attached hydrogen (secondary N) is 1. The first kappa shape index (κ1) is 30.9. The molecule has 8 heteroatoms. The van der Waals surface area contributed by atoms with Crippen molar-refractivity contribution in [1.82, 2.24) is 10.2 Å². The van der Waals surface area contributed by atoms with Crippen LogP contribution in [-0.2, 0) is 26.2 Å². The van der Waals surface area contributed by atoms with Gasteiger partial charge in [0.05, 0.1) is 10.6 Å². The van der Waals surface area contributed by atoms with E-state index in [2.05, 4.69) is 5.32 Å². The van der Waals surface area contributed by atoms with E-state index < -0.39 is 28.5 Å². The summed E-state index contributed by atoms with van der Waals surface area (Å²) in [5.41, 5.74) is 3.82. The summed E-state index contributed by atoms with van der Waals surface area (Å²) in [6.45, 7) is 11.1. The van der Waals surface area contributed by atoms with Crippen LogP contribution in [0, 0.1) is 20.8 Å². The van der Waals surface area contributed by atoms with E-state index in [0.29, 0.717) is 12.1 Å². The van der Waals surface area contributed by atoms with Crippen LogP contribution in [0.4, 0.5) is 5.69 Å². The van der Waals surface area contributed by atoms with Crippen LogP contribution in [0.3, 0.4) is 0 Å². The molecule has 0 heterocycles. The highest BCUT2D eigenvalue weighted by atomic mass is 32.2. The lowest BCUT2D eigenvalue weighted by Crippen LogP contribution is -2.53. The zero-order chi connectivity index (χ0) is 29.4. The van der Waals surface area contributed by atoms with Gasteiger partial charge in [-0.2, -0.15) is 0 Å². The van der Waals surface area contributed by atoms with Gasteiger partial charge in [0, 0.05) is 12.6 Å². The van der Waals surface area contributed by atoms with Gasteiger partial charge in [-0.3, -0.25) is 13.9 Å². The highest BCUT2D eigenvalue weighted by Gasteiger charge is 2.34. The standard InChI is InChI=1S/C32H41N3O4S/c1-7-26(6)33-32(37)29(8-2)34(21-27-12-10-9-11-13-27)31(36)22-35(30-20-24(4)14-17-25(30)5)40(38,39)28-18-15-23(3)16-19-28/h9-20,26,29H,7-8,21-22H2,1-6H3,(H,33,37)/t26-,29+/m0/s1. The molecular weight excluding hydrogens is 522 g/mol. The van der Waals surface area contributed by atoms with Crippen molar-refractivity contribution < 1.29 is 18.0 Å². The topological polar surface area (TPSA) is 86.8 Å². The van der Waals surface area contributed by atoms with Gasteiger partial charge in [0.15, 0.2) is 0 Å². The Morgan fingerprint density at radius 3 is 2.08 bits per heavy atom. The number of benzene rings is 3. The second-order valence-electron chi connectivity index (χ2n) is 10.4. The number of sulfonamides is 1. The molecule has 1 N–H and O–H groups in total. The lowest BCUT2D eigenvalue weighted by molar-refractivity contribution is -0.140. The Bertz CT molecular complexity index is 1410. The predicted molar refractivity (Wildman–Crippen MR) is 161 cm³/mol. The molecule has 0 aliphatic carbocycles. The summed E-state index contributed by atoms with van der Waals surface area (Å²) < 4.78 is 29.3. The Hall–Kier alpha value is -3.65. The molecule has 0 fully saturated rings. The van der Waals surface area contributed by atoms with Crippen molar-refractivity contribution in [3.05, 3.63) is 95.1 Å². The average Bonchev–Trinajstić information content (AvgIpc) is 2.93. The van der Waals surface area contributed by atoms with Crippen LogP contribution in [0.25, 0.3) is 0 Å². The Kier molecular flexibility index (Phi) is 10.5. The second-order valence-corrected chi connectivity index (χ2v) is 12.2. The van der Waals surface area contributed by atoms with Crippen molar-refractivity contribution in [2.24, 2.45) is 0 Å². The average molecular weight is 564 g/mol. The van der Waals surface area contributed by atoms with Crippen molar-refractivity contribution in [2.75, 3.05) is 10.8 Å². The maximum Gasteiger partial charge on any atom is 0.264 e. The van der Waals surface area contributed by atoms with Crippen molar-refractivity contribution in [1.29, 1.82) is 0 Å². The van der Waals surface area contributed by atoms with Gasteiger partial charge in [-0.15, -0.1) is 0 Å². The molecule has 0 aliphatic heterocycles. The van der Waals surface area contributed by atoms with Crippen LogP contribution >= 0.6 is 0 Å². The van der Waals surface area contributed by atoms with Gasteiger partial charge in [-0.1, -0.05) is 74.0 Å². The van der Waals surface area contributed by atoms with Gasteiger partial charge < -0.3 is 10.2 Å². The van der Waals surface area contributed by atoms with Crippen LogP contribution < -0.4 is 9.62 Å². The molecule has 2 amide bonds. The number of rotatable bonds is 12. The quantitative estimate of drug-likeness (QED) is 0.314. The van der Waals surface area contributed by atoms with E-state index in [1.807, 2.05) is 84.0 Å². The summed E-state index contributed by atoms with van der Waals surface area (Å²) in [6.07, 6.45) is 1.14. The Morgan fingerprint density at radius 1 is 0.850 bits per heavy atom. The van der Waals surface area contributed by atoms with Crippen LogP contribution in [0.5, 0.6) is 0 Å². The number of carbonyl (C=O) groups excluding carboxylic acids is 2. The third-order valence-corrected chi connectivity index (χ3v) is 8.88. The fraction of sp³-hybridized carbons (Fsp3) is 0.375.